The fraction of sp³-hybridized carbons (Fsp3) is 0.250. The van der Waals surface area contributed by atoms with E-state index < -0.39 is 11.9 Å². The zero-order valence-corrected chi connectivity index (χ0v) is 24.9. The molecule has 0 aliphatic carbocycles. The van der Waals surface area contributed by atoms with Crippen LogP contribution in [0.15, 0.2) is 79.2 Å². The Hall–Kier alpha value is -2.62. The van der Waals surface area contributed by atoms with Crippen molar-refractivity contribution >= 4 is 66.6 Å². The average molecular weight is 649 g/mol. The molecule has 1 aliphatic heterocycles. The van der Waals surface area contributed by atoms with Gasteiger partial charge in [-0.3, -0.25) is 4.79 Å². The van der Waals surface area contributed by atoms with Crippen molar-refractivity contribution in [2.24, 2.45) is 4.99 Å². The molecular weight excluding hydrogens is 622 g/mol. The first-order valence-electron chi connectivity index (χ1n) is 11.4. The van der Waals surface area contributed by atoms with Gasteiger partial charge in [0.1, 0.15) is 28.7 Å². The van der Waals surface area contributed by atoms with Crippen molar-refractivity contribution in [1.29, 1.82) is 0 Å². The molecule has 6 nitrogen and oxygen atoms in total. The van der Waals surface area contributed by atoms with E-state index in [-0.39, 0.29) is 28.4 Å². The highest BCUT2D eigenvalue weighted by Gasteiger charge is 2.34. The number of amides is 1. The van der Waals surface area contributed by atoms with E-state index in [1.54, 1.807) is 31.2 Å². The summed E-state index contributed by atoms with van der Waals surface area (Å²) < 4.78 is 12.2. The zero-order valence-electron chi connectivity index (χ0n) is 20.9. The third kappa shape index (κ3) is 7.03. The minimum Gasteiger partial charge on any atom is -0.506 e. The minimum atomic E-state index is -0.749. The number of ether oxygens (including phenoxy) is 2. The average Bonchev–Trinajstić information content (AvgIpc) is 3.12. The van der Waals surface area contributed by atoms with Crippen LogP contribution in [-0.2, 0) is 14.9 Å². The second-order valence-electron chi connectivity index (χ2n) is 9.02. The van der Waals surface area contributed by atoms with Gasteiger partial charge in [0.05, 0.1) is 20.5 Å². The van der Waals surface area contributed by atoms with E-state index in [0.717, 1.165) is 17.3 Å². The van der Waals surface area contributed by atoms with Gasteiger partial charge in [0.25, 0.3) is 5.91 Å². The summed E-state index contributed by atoms with van der Waals surface area (Å²) in [4.78, 5) is 30.2. The molecule has 194 valence electrons. The molecule has 1 heterocycles. The first kappa shape index (κ1) is 28.9. The number of hydrogen-bond acceptors (Lipinski definition) is 6. The third-order valence-corrected chi connectivity index (χ3v) is 7.43. The molecule has 1 aliphatic rings. The molecule has 1 N–H and O–H groups in total. The molecule has 0 radical (unpaired) electrons. The van der Waals surface area contributed by atoms with Crippen LogP contribution in [0.1, 0.15) is 49.2 Å². The molecule has 0 unspecified atom stereocenters. The second-order valence-corrected chi connectivity index (χ2v) is 11.8. The maximum atomic E-state index is 13.0. The molecule has 0 fully saturated rings. The van der Waals surface area contributed by atoms with Crippen LogP contribution in [0.5, 0.6) is 5.75 Å². The highest BCUT2D eigenvalue weighted by Crippen LogP contribution is 2.41. The van der Waals surface area contributed by atoms with Crippen LogP contribution in [0.3, 0.4) is 0 Å². The number of hydrogen-bond donors (Lipinski definition) is 1. The number of rotatable bonds is 7. The van der Waals surface area contributed by atoms with Gasteiger partial charge in [0, 0.05) is 5.56 Å². The smallest absolute Gasteiger partial charge is 0.344 e. The number of aliphatic imine (C=N–C) groups is 1. The third-order valence-electron chi connectivity index (χ3n) is 5.24. The fourth-order valence-corrected chi connectivity index (χ4v) is 5.82. The lowest BCUT2D eigenvalue weighted by molar-refractivity contribution is -0.138. The lowest BCUT2D eigenvalue weighted by Gasteiger charge is -2.18. The Morgan fingerprint density at radius 3 is 2.30 bits per heavy atom. The number of halogens is 2. The molecule has 0 saturated carbocycles. The first-order valence-corrected chi connectivity index (χ1v) is 13.8. The Kier molecular flexibility index (Phi) is 9.61. The van der Waals surface area contributed by atoms with E-state index in [1.807, 2.05) is 24.3 Å². The van der Waals surface area contributed by atoms with Gasteiger partial charge in [-0.05, 0) is 85.7 Å². The van der Waals surface area contributed by atoms with Crippen LogP contribution in [0.25, 0.3) is 6.08 Å². The first-order chi connectivity index (χ1) is 17.5. The maximum absolute atomic E-state index is 13.0. The van der Waals surface area contributed by atoms with E-state index in [1.165, 1.54) is 0 Å². The molecular formula is C28H27Br2NO5S. The predicted molar refractivity (Wildman–Crippen MR) is 156 cm³/mol. The molecule has 2 aromatic rings. The van der Waals surface area contributed by atoms with Gasteiger partial charge < -0.3 is 14.6 Å². The van der Waals surface area contributed by atoms with Gasteiger partial charge in [-0.1, -0.05) is 57.3 Å². The largest absolute Gasteiger partial charge is 0.506 e. The van der Waals surface area contributed by atoms with Crippen LogP contribution in [-0.4, -0.2) is 35.2 Å². The summed E-state index contributed by atoms with van der Waals surface area (Å²) in [5.74, 6) is -0.954. The van der Waals surface area contributed by atoms with Gasteiger partial charge in [-0.25, -0.2) is 9.79 Å². The molecule has 37 heavy (non-hydrogen) atoms. The van der Waals surface area contributed by atoms with E-state index in [9.17, 15) is 14.7 Å². The van der Waals surface area contributed by atoms with Gasteiger partial charge in [0.2, 0.25) is 0 Å². The number of nitrogens with zero attached hydrogens (tertiary/aromatic N) is 1. The Morgan fingerprint density at radius 1 is 1.14 bits per heavy atom. The van der Waals surface area contributed by atoms with Crippen LogP contribution in [0.2, 0.25) is 0 Å². The van der Waals surface area contributed by atoms with Crippen molar-refractivity contribution in [2.45, 2.75) is 33.1 Å². The number of benzene rings is 2. The molecule has 0 saturated heterocycles. The molecule has 3 rings (SSSR count). The molecule has 0 atom stereocenters. The quantitative estimate of drug-likeness (QED) is 0.244. The van der Waals surface area contributed by atoms with Gasteiger partial charge in [-0.15, -0.1) is 0 Å². The number of thioether (sulfide) groups is 1. The summed E-state index contributed by atoms with van der Waals surface area (Å²) in [5.41, 5.74) is 1.98. The molecule has 0 bridgehead atoms. The Balaban J connectivity index is 1.98. The van der Waals surface area contributed by atoms with Gasteiger partial charge in [0.15, 0.2) is 0 Å². The van der Waals surface area contributed by atoms with Crippen molar-refractivity contribution in [3.63, 3.8) is 0 Å². The summed E-state index contributed by atoms with van der Waals surface area (Å²) in [7, 11) is 0. The number of carbonyl (C=O) groups excluding carboxylic acids is 2. The summed E-state index contributed by atoms with van der Waals surface area (Å²) in [6.07, 6.45) is 3.34. The van der Waals surface area contributed by atoms with Crippen molar-refractivity contribution in [2.75, 3.05) is 13.2 Å². The molecule has 0 spiro atoms. The van der Waals surface area contributed by atoms with Crippen molar-refractivity contribution in [3.05, 3.63) is 90.9 Å². The predicted octanol–water partition coefficient (Wildman–Crippen LogP) is 7.78. The fourth-order valence-electron chi connectivity index (χ4n) is 3.36. The van der Waals surface area contributed by atoms with E-state index in [0.29, 0.717) is 37.3 Å². The number of carbonyl (C=O) groups is 2. The van der Waals surface area contributed by atoms with Crippen molar-refractivity contribution < 1.29 is 24.2 Å². The van der Waals surface area contributed by atoms with Crippen molar-refractivity contribution in [1.82, 2.24) is 0 Å². The van der Waals surface area contributed by atoms with E-state index in [4.69, 9.17) is 9.47 Å². The van der Waals surface area contributed by atoms with Crippen LogP contribution in [0, 0.1) is 0 Å². The topological polar surface area (TPSA) is 85.2 Å². The van der Waals surface area contributed by atoms with Gasteiger partial charge in [-0.2, -0.15) is 0 Å². The molecule has 9 heteroatoms. The summed E-state index contributed by atoms with van der Waals surface area (Å²) in [5, 5.41) is 11.0. The molecule has 2 aromatic carbocycles. The number of aliphatic hydroxyl groups excluding tert-OH is 1. The lowest BCUT2D eigenvalue weighted by atomic mass is 9.87. The normalized spacial score (nSPS) is 15.8. The highest BCUT2D eigenvalue weighted by molar-refractivity contribution is 9.11. The summed E-state index contributed by atoms with van der Waals surface area (Å²) in [6, 6.07) is 10.8. The Morgan fingerprint density at radius 2 is 1.76 bits per heavy atom. The van der Waals surface area contributed by atoms with Crippen LogP contribution in [0.4, 0.5) is 0 Å². The zero-order chi connectivity index (χ0) is 27.3. The number of aliphatic hydroxyl groups is 1. The molecule has 0 aromatic heterocycles. The monoisotopic (exact) mass is 647 g/mol. The van der Waals surface area contributed by atoms with Gasteiger partial charge >= 0.3 is 5.97 Å². The van der Waals surface area contributed by atoms with Crippen LogP contribution < -0.4 is 4.74 Å². The summed E-state index contributed by atoms with van der Waals surface area (Å²) >= 11 is 8.01. The second kappa shape index (κ2) is 12.3. The SMILES string of the molecule is C=CCOc1c(Br)cc(/C=C2\SC(=NC(=O)c3ccc(C(C)(C)C)cc3)C(C(=O)OCC)=C2O)cc1Br. The van der Waals surface area contributed by atoms with Crippen LogP contribution >= 0.6 is 43.6 Å². The maximum Gasteiger partial charge on any atom is 0.344 e. The Bertz CT molecular complexity index is 1300. The van der Waals surface area contributed by atoms with E-state index >= 15 is 0 Å². The standard InChI is InChI=1S/C28H27Br2NO5S/c1-6-12-36-24-19(29)13-16(14-20(24)30)15-21-23(32)22(27(34)35-7-2)26(37-21)31-25(33)17-8-10-18(11-9-17)28(3,4)5/h6,8-11,13-15,32H,1,7,12H2,2-5H3/b21-15-,31-26?. The molecule has 1 amide bonds. The number of esters is 1. The van der Waals surface area contributed by atoms with E-state index in [2.05, 4.69) is 64.2 Å². The highest BCUT2D eigenvalue weighted by atomic mass is 79.9. The Labute approximate surface area is 237 Å². The summed E-state index contributed by atoms with van der Waals surface area (Å²) in [6.45, 7) is 12.0. The minimum absolute atomic E-state index is 0.0555. The lowest BCUT2D eigenvalue weighted by Crippen LogP contribution is -2.14. The van der Waals surface area contributed by atoms with Crippen molar-refractivity contribution in [3.8, 4) is 5.75 Å².